The Bertz CT molecular complexity index is 1550. The van der Waals surface area contributed by atoms with Crippen LogP contribution in [0.15, 0.2) is 81.6 Å². The summed E-state index contributed by atoms with van der Waals surface area (Å²) in [7, 11) is 0. The van der Waals surface area contributed by atoms with E-state index in [9.17, 15) is 4.79 Å². The van der Waals surface area contributed by atoms with Crippen LogP contribution >= 0.6 is 23.8 Å². The number of nitrogens with one attached hydrogen (secondary N) is 2. The standard InChI is InChI=1S/C27H20ClN3O3S/c1-15-11-16(2)13-18(12-15)26-30-21-14-20(7-8-23(21)34-26)29-27(35)31-25(32)24-10-9-22(33-24)17-3-5-19(28)6-4-17/h3-14H,1-2H3,(H2,29,31,32,35). The van der Waals surface area contributed by atoms with Crippen molar-refractivity contribution in [2.45, 2.75) is 13.8 Å². The predicted octanol–water partition coefficient (Wildman–Crippen LogP) is 7.15. The van der Waals surface area contributed by atoms with E-state index in [4.69, 9.17) is 32.7 Å². The SMILES string of the molecule is Cc1cc(C)cc(-c2nc3cc(NC(=S)NC(=O)c4ccc(-c5ccc(Cl)cc5)o4)ccc3o2)c1. The highest BCUT2D eigenvalue weighted by Gasteiger charge is 2.15. The second-order valence-corrected chi connectivity index (χ2v) is 9.00. The van der Waals surface area contributed by atoms with Crippen LogP contribution in [-0.4, -0.2) is 16.0 Å². The minimum absolute atomic E-state index is 0.136. The number of furan rings is 1. The number of aryl methyl sites for hydroxylation is 2. The van der Waals surface area contributed by atoms with Gasteiger partial charge in [0.2, 0.25) is 5.89 Å². The van der Waals surface area contributed by atoms with Crippen LogP contribution in [0.5, 0.6) is 0 Å². The van der Waals surface area contributed by atoms with E-state index in [1.807, 2.05) is 56.3 Å². The van der Waals surface area contributed by atoms with Crippen molar-refractivity contribution in [3.05, 3.63) is 94.7 Å². The molecule has 0 fully saturated rings. The Labute approximate surface area is 211 Å². The van der Waals surface area contributed by atoms with Gasteiger partial charge < -0.3 is 14.2 Å². The molecule has 0 spiro atoms. The Kier molecular flexibility index (Phi) is 6.11. The van der Waals surface area contributed by atoms with Gasteiger partial charge in [-0.3, -0.25) is 10.1 Å². The first-order chi connectivity index (χ1) is 16.8. The molecule has 2 aromatic heterocycles. The first-order valence-corrected chi connectivity index (χ1v) is 11.6. The third-order valence-corrected chi connectivity index (χ3v) is 5.76. The smallest absolute Gasteiger partial charge is 0.293 e. The van der Waals surface area contributed by atoms with E-state index in [1.165, 1.54) is 0 Å². The monoisotopic (exact) mass is 501 g/mol. The molecule has 0 radical (unpaired) electrons. The Morgan fingerprint density at radius 1 is 0.886 bits per heavy atom. The minimum atomic E-state index is -0.456. The van der Waals surface area contributed by atoms with Crippen molar-refractivity contribution in [1.29, 1.82) is 0 Å². The van der Waals surface area contributed by atoms with Gasteiger partial charge in [0.25, 0.3) is 5.91 Å². The highest BCUT2D eigenvalue weighted by molar-refractivity contribution is 7.80. The van der Waals surface area contributed by atoms with Crippen LogP contribution in [0, 0.1) is 13.8 Å². The lowest BCUT2D eigenvalue weighted by atomic mass is 10.1. The number of oxazole rings is 1. The third-order valence-electron chi connectivity index (χ3n) is 5.30. The largest absolute Gasteiger partial charge is 0.451 e. The molecule has 174 valence electrons. The van der Waals surface area contributed by atoms with Crippen molar-refractivity contribution in [3.8, 4) is 22.8 Å². The molecular weight excluding hydrogens is 482 g/mol. The molecule has 1 amide bonds. The summed E-state index contributed by atoms with van der Waals surface area (Å²) in [6.45, 7) is 4.08. The molecule has 5 aromatic rings. The lowest BCUT2D eigenvalue weighted by molar-refractivity contribution is 0.0951. The van der Waals surface area contributed by atoms with Crippen LogP contribution in [0.1, 0.15) is 21.7 Å². The predicted molar refractivity (Wildman–Crippen MR) is 142 cm³/mol. The summed E-state index contributed by atoms with van der Waals surface area (Å²) >= 11 is 11.2. The molecule has 0 saturated heterocycles. The lowest BCUT2D eigenvalue weighted by Crippen LogP contribution is -2.33. The first-order valence-electron chi connectivity index (χ1n) is 10.8. The number of benzene rings is 3. The van der Waals surface area contributed by atoms with E-state index in [0.717, 1.165) is 22.3 Å². The third kappa shape index (κ3) is 5.11. The van der Waals surface area contributed by atoms with Crippen molar-refractivity contribution >= 4 is 51.6 Å². The summed E-state index contributed by atoms with van der Waals surface area (Å²) < 4.78 is 11.6. The van der Waals surface area contributed by atoms with Gasteiger partial charge in [0.15, 0.2) is 16.5 Å². The molecule has 5 rings (SSSR count). The number of carbonyl (C=O) groups excluding carboxylic acids is 1. The number of aromatic nitrogens is 1. The van der Waals surface area contributed by atoms with Gasteiger partial charge in [0, 0.05) is 21.8 Å². The van der Waals surface area contributed by atoms with Crippen LogP contribution in [0.25, 0.3) is 33.9 Å². The summed E-state index contributed by atoms with van der Waals surface area (Å²) in [5.74, 6) is 0.794. The van der Waals surface area contributed by atoms with E-state index in [0.29, 0.717) is 33.5 Å². The molecule has 0 unspecified atom stereocenters. The van der Waals surface area contributed by atoms with Crippen LogP contribution < -0.4 is 10.6 Å². The van der Waals surface area contributed by atoms with E-state index in [2.05, 4.69) is 21.7 Å². The lowest BCUT2D eigenvalue weighted by Gasteiger charge is -2.08. The van der Waals surface area contributed by atoms with Gasteiger partial charge in [0.05, 0.1) is 0 Å². The summed E-state index contributed by atoms with van der Waals surface area (Å²) in [4.78, 5) is 17.2. The molecule has 0 saturated carbocycles. The Hall–Kier alpha value is -3.94. The van der Waals surface area contributed by atoms with Gasteiger partial charge in [-0.15, -0.1) is 0 Å². The van der Waals surface area contributed by atoms with Gasteiger partial charge >= 0.3 is 0 Å². The van der Waals surface area contributed by atoms with Gasteiger partial charge in [-0.2, -0.15) is 0 Å². The Morgan fingerprint density at radius 2 is 1.63 bits per heavy atom. The van der Waals surface area contributed by atoms with E-state index >= 15 is 0 Å². The van der Waals surface area contributed by atoms with Crippen molar-refractivity contribution in [2.24, 2.45) is 0 Å². The Balaban J connectivity index is 1.27. The summed E-state index contributed by atoms with van der Waals surface area (Å²) in [6, 6.07) is 22.1. The average Bonchev–Trinajstić information content (AvgIpc) is 3.46. The number of hydrogen-bond donors (Lipinski definition) is 2. The second kappa shape index (κ2) is 9.37. The second-order valence-electron chi connectivity index (χ2n) is 8.16. The molecule has 2 heterocycles. The number of rotatable bonds is 4. The number of anilines is 1. The summed E-state index contributed by atoms with van der Waals surface area (Å²) in [6.07, 6.45) is 0. The van der Waals surface area contributed by atoms with Crippen LogP contribution in [-0.2, 0) is 0 Å². The fraction of sp³-hybridized carbons (Fsp3) is 0.0741. The van der Waals surface area contributed by atoms with E-state index < -0.39 is 5.91 Å². The highest BCUT2D eigenvalue weighted by atomic mass is 35.5. The number of nitrogens with zero attached hydrogens (tertiary/aromatic N) is 1. The fourth-order valence-corrected chi connectivity index (χ4v) is 4.12. The number of thiocarbonyl (C=S) groups is 1. The van der Waals surface area contributed by atoms with Crippen LogP contribution in [0.3, 0.4) is 0 Å². The molecule has 8 heteroatoms. The number of amides is 1. The normalized spacial score (nSPS) is 10.9. The molecule has 2 N–H and O–H groups in total. The summed E-state index contributed by atoms with van der Waals surface area (Å²) in [5.41, 5.74) is 6.03. The van der Waals surface area contributed by atoms with Gasteiger partial charge in [0.1, 0.15) is 11.3 Å². The van der Waals surface area contributed by atoms with Gasteiger partial charge in [-0.05, 0) is 92.8 Å². The quantitative estimate of drug-likeness (QED) is 0.254. The molecule has 3 aromatic carbocycles. The zero-order valence-electron chi connectivity index (χ0n) is 18.9. The summed E-state index contributed by atoms with van der Waals surface area (Å²) in [5, 5.41) is 6.40. The zero-order valence-corrected chi connectivity index (χ0v) is 20.5. The van der Waals surface area contributed by atoms with Crippen LogP contribution in [0.2, 0.25) is 5.02 Å². The molecular formula is C27H20ClN3O3S. The molecule has 0 aliphatic carbocycles. The van der Waals surface area contributed by atoms with E-state index in [-0.39, 0.29) is 10.9 Å². The first kappa shape index (κ1) is 22.8. The number of carbonyl (C=O) groups is 1. The molecule has 35 heavy (non-hydrogen) atoms. The maximum Gasteiger partial charge on any atom is 0.293 e. The molecule has 6 nitrogen and oxygen atoms in total. The molecule has 0 bridgehead atoms. The van der Waals surface area contributed by atoms with Crippen molar-refractivity contribution in [1.82, 2.24) is 10.3 Å². The Morgan fingerprint density at radius 3 is 2.37 bits per heavy atom. The highest BCUT2D eigenvalue weighted by Crippen LogP contribution is 2.28. The maximum absolute atomic E-state index is 12.6. The fourth-order valence-electron chi connectivity index (χ4n) is 3.78. The van der Waals surface area contributed by atoms with Gasteiger partial charge in [-0.25, -0.2) is 4.98 Å². The van der Waals surface area contributed by atoms with Crippen molar-refractivity contribution < 1.29 is 13.6 Å². The van der Waals surface area contributed by atoms with E-state index in [1.54, 1.807) is 24.3 Å². The molecule has 0 aliphatic rings. The topological polar surface area (TPSA) is 80.3 Å². The molecule has 0 aliphatic heterocycles. The number of hydrogen-bond acceptors (Lipinski definition) is 5. The number of fused-ring (bicyclic) bond motifs is 1. The van der Waals surface area contributed by atoms with Crippen molar-refractivity contribution in [2.75, 3.05) is 5.32 Å². The zero-order chi connectivity index (χ0) is 24.5. The maximum atomic E-state index is 12.6. The number of halogens is 1. The average molecular weight is 502 g/mol. The van der Waals surface area contributed by atoms with Crippen molar-refractivity contribution in [3.63, 3.8) is 0 Å². The minimum Gasteiger partial charge on any atom is -0.451 e. The van der Waals surface area contributed by atoms with Gasteiger partial charge in [-0.1, -0.05) is 28.8 Å². The van der Waals surface area contributed by atoms with Crippen LogP contribution in [0.4, 0.5) is 5.69 Å². The molecule has 0 atom stereocenters.